The molecule has 0 saturated heterocycles. The van der Waals surface area contributed by atoms with E-state index in [1.807, 2.05) is 27.7 Å². The van der Waals surface area contributed by atoms with Gasteiger partial charge in [-0.2, -0.15) is 0 Å². The van der Waals surface area contributed by atoms with Crippen LogP contribution in [0.1, 0.15) is 66.7 Å². The van der Waals surface area contributed by atoms with E-state index in [1.165, 1.54) is 0 Å². The third-order valence-electron chi connectivity index (χ3n) is 5.04. The summed E-state index contributed by atoms with van der Waals surface area (Å²) in [5.74, 6) is -3.58. The largest absolute Gasteiger partial charge is 0.390 e. The molecule has 1 saturated carbocycles. The second-order valence-corrected chi connectivity index (χ2v) is 7.86. The number of hydrogen-bond acceptors (Lipinski definition) is 5. The lowest BCUT2D eigenvalue weighted by Crippen LogP contribution is -2.52. The van der Waals surface area contributed by atoms with E-state index in [-0.39, 0.29) is 12.8 Å². The molecule has 1 fully saturated rings. The first-order chi connectivity index (χ1) is 11.1. The Labute approximate surface area is 144 Å². The third-order valence-corrected chi connectivity index (χ3v) is 5.04. The smallest absolute Gasteiger partial charge is 0.185 e. The van der Waals surface area contributed by atoms with Crippen LogP contribution >= 0.6 is 0 Å². The Hall–Kier alpha value is -1.07. The summed E-state index contributed by atoms with van der Waals surface area (Å²) >= 11 is 0. The predicted molar refractivity (Wildman–Crippen MR) is 91.4 cm³/mol. The zero-order valence-electron chi connectivity index (χ0n) is 15.5. The Balaban J connectivity index is 3.15. The first-order valence-electron chi connectivity index (χ1n) is 9.08. The van der Waals surface area contributed by atoms with Crippen LogP contribution in [0.15, 0.2) is 0 Å². The molecule has 1 rings (SSSR count). The van der Waals surface area contributed by atoms with Crippen LogP contribution in [0, 0.1) is 23.7 Å². The summed E-state index contributed by atoms with van der Waals surface area (Å²) in [4.78, 5) is 37.5. The minimum absolute atomic E-state index is 0.0667. The van der Waals surface area contributed by atoms with Crippen LogP contribution in [-0.2, 0) is 14.4 Å². The van der Waals surface area contributed by atoms with Crippen molar-refractivity contribution in [3.05, 3.63) is 0 Å². The number of aliphatic hydroxyl groups excluding tert-OH is 1. The Kier molecular flexibility index (Phi) is 7.29. The molecule has 3 unspecified atom stereocenters. The Bertz CT molecular complexity index is 482. The van der Waals surface area contributed by atoms with Gasteiger partial charge < -0.3 is 10.2 Å². The first kappa shape index (κ1) is 21.0. The molecule has 1 aliphatic carbocycles. The molecule has 0 radical (unpaired) electrons. The van der Waals surface area contributed by atoms with Gasteiger partial charge in [0.2, 0.25) is 0 Å². The van der Waals surface area contributed by atoms with Gasteiger partial charge in [-0.25, -0.2) is 0 Å². The van der Waals surface area contributed by atoms with Crippen molar-refractivity contribution in [1.29, 1.82) is 0 Å². The maximum absolute atomic E-state index is 12.7. The molecule has 24 heavy (non-hydrogen) atoms. The highest BCUT2D eigenvalue weighted by Gasteiger charge is 2.63. The molecule has 0 amide bonds. The zero-order chi connectivity index (χ0) is 18.7. The molecule has 5 nitrogen and oxygen atoms in total. The molecule has 0 aliphatic heterocycles. The van der Waals surface area contributed by atoms with Crippen molar-refractivity contribution in [2.75, 3.05) is 0 Å². The lowest BCUT2D eigenvalue weighted by molar-refractivity contribution is -0.157. The highest BCUT2D eigenvalue weighted by atomic mass is 16.4. The summed E-state index contributed by atoms with van der Waals surface area (Å²) < 4.78 is 0. The molecule has 0 heterocycles. The summed E-state index contributed by atoms with van der Waals surface area (Å²) in [5.41, 5.74) is -2.13. The van der Waals surface area contributed by atoms with Gasteiger partial charge in [0, 0.05) is 6.42 Å². The van der Waals surface area contributed by atoms with Crippen molar-refractivity contribution < 1.29 is 24.6 Å². The topological polar surface area (TPSA) is 91.7 Å². The molecule has 0 aromatic carbocycles. The molecular formula is C19H32O5. The number of carbonyl (C=O) groups is 3. The minimum atomic E-state index is -2.13. The number of hydrogen-bond donors (Lipinski definition) is 2. The van der Waals surface area contributed by atoms with E-state index >= 15 is 0 Å². The van der Waals surface area contributed by atoms with Gasteiger partial charge in [-0.15, -0.1) is 0 Å². The molecule has 138 valence electrons. The van der Waals surface area contributed by atoms with Crippen molar-refractivity contribution in [3.8, 4) is 0 Å². The fourth-order valence-corrected chi connectivity index (χ4v) is 3.43. The average Bonchev–Trinajstić information content (AvgIpc) is 2.70. The van der Waals surface area contributed by atoms with Gasteiger partial charge in [0.15, 0.2) is 23.0 Å². The predicted octanol–water partition coefficient (Wildman–Crippen LogP) is 2.31. The number of aliphatic hydroxyl groups is 2. The number of Topliss-reactive ketones (excluding diaryl/α,β-unsaturated/α-hetero) is 3. The van der Waals surface area contributed by atoms with Crippen molar-refractivity contribution in [3.63, 3.8) is 0 Å². The van der Waals surface area contributed by atoms with Crippen LogP contribution in [0.25, 0.3) is 0 Å². The number of ketones is 3. The van der Waals surface area contributed by atoms with E-state index in [0.29, 0.717) is 31.1 Å². The monoisotopic (exact) mass is 340 g/mol. The van der Waals surface area contributed by atoms with Gasteiger partial charge in [0.1, 0.15) is 5.92 Å². The Morgan fingerprint density at radius 2 is 1.62 bits per heavy atom. The van der Waals surface area contributed by atoms with Gasteiger partial charge in [0.25, 0.3) is 0 Å². The molecule has 0 aromatic rings. The van der Waals surface area contributed by atoms with Crippen molar-refractivity contribution in [2.45, 2.75) is 78.4 Å². The fraction of sp³-hybridized carbons (Fsp3) is 0.842. The quantitative estimate of drug-likeness (QED) is 0.629. The average molecular weight is 340 g/mol. The number of carbonyl (C=O) groups excluding carboxylic acids is 3. The van der Waals surface area contributed by atoms with Crippen molar-refractivity contribution >= 4 is 17.3 Å². The van der Waals surface area contributed by atoms with E-state index in [2.05, 4.69) is 0 Å². The maximum Gasteiger partial charge on any atom is 0.185 e. The van der Waals surface area contributed by atoms with E-state index < -0.39 is 40.9 Å². The van der Waals surface area contributed by atoms with Gasteiger partial charge in [-0.1, -0.05) is 41.0 Å². The van der Waals surface area contributed by atoms with Crippen LogP contribution in [-0.4, -0.2) is 39.3 Å². The molecule has 0 bridgehead atoms. The second kappa shape index (κ2) is 8.34. The summed E-state index contributed by atoms with van der Waals surface area (Å²) in [6.07, 6.45) is 0.577. The van der Waals surface area contributed by atoms with Crippen molar-refractivity contribution in [2.24, 2.45) is 23.7 Å². The summed E-state index contributed by atoms with van der Waals surface area (Å²) in [6.45, 7) is 9.54. The van der Waals surface area contributed by atoms with Crippen LogP contribution in [0.2, 0.25) is 0 Å². The van der Waals surface area contributed by atoms with E-state index in [1.54, 1.807) is 6.92 Å². The number of rotatable bonds is 9. The van der Waals surface area contributed by atoms with Crippen LogP contribution in [0.4, 0.5) is 0 Å². The summed E-state index contributed by atoms with van der Waals surface area (Å²) in [6, 6.07) is 0. The summed E-state index contributed by atoms with van der Waals surface area (Å²) in [5, 5.41) is 21.5. The highest BCUT2D eigenvalue weighted by molar-refractivity contribution is 6.27. The molecular weight excluding hydrogens is 308 g/mol. The second-order valence-electron chi connectivity index (χ2n) is 7.86. The highest BCUT2D eigenvalue weighted by Crippen LogP contribution is 2.41. The van der Waals surface area contributed by atoms with E-state index in [4.69, 9.17) is 0 Å². The third kappa shape index (κ3) is 4.12. The molecule has 5 heteroatoms. The minimum Gasteiger partial charge on any atom is -0.390 e. The zero-order valence-corrected chi connectivity index (χ0v) is 15.5. The molecule has 2 N–H and O–H groups in total. The lowest BCUT2D eigenvalue weighted by atomic mass is 9.78. The SMILES string of the molecule is CCC(=O)C1C(=O)[C@@H](CCC(C)C)C(O)(C(O)CCC(C)C)C1=O. The van der Waals surface area contributed by atoms with Gasteiger partial charge in [-0.05, 0) is 31.1 Å². The van der Waals surface area contributed by atoms with Crippen LogP contribution in [0.3, 0.4) is 0 Å². The normalized spacial score (nSPS) is 28.9. The molecule has 0 aromatic heterocycles. The molecule has 1 aliphatic rings. The van der Waals surface area contributed by atoms with Crippen LogP contribution < -0.4 is 0 Å². The maximum atomic E-state index is 12.7. The fourth-order valence-electron chi connectivity index (χ4n) is 3.43. The van der Waals surface area contributed by atoms with Crippen LogP contribution in [0.5, 0.6) is 0 Å². The summed E-state index contributed by atoms with van der Waals surface area (Å²) in [7, 11) is 0. The first-order valence-corrected chi connectivity index (χ1v) is 9.08. The van der Waals surface area contributed by atoms with E-state index in [0.717, 1.165) is 0 Å². The Morgan fingerprint density at radius 3 is 2.08 bits per heavy atom. The molecule has 4 atom stereocenters. The van der Waals surface area contributed by atoms with E-state index in [9.17, 15) is 24.6 Å². The van der Waals surface area contributed by atoms with Crippen molar-refractivity contribution in [1.82, 2.24) is 0 Å². The van der Waals surface area contributed by atoms with Gasteiger partial charge in [-0.3, -0.25) is 14.4 Å². The van der Waals surface area contributed by atoms with Gasteiger partial charge in [0.05, 0.1) is 12.0 Å². The molecule has 0 spiro atoms. The Morgan fingerprint density at radius 1 is 1.08 bits per heavy atom. The van der Waals surface area contributed by atoms with Gasteiger partial charge >= 0.3 is 0 Å². The lowest BCUT2D eigenvalue weighted by Gasteiger charge is -2.33. The standard InChI is InChI=1S/C19H32O5/c1-6-14(20)16-17(22)13(9-7-11(2)3)19(24,18(16)23)15(21)10-8-12(4)5/h11-13,15-16,21,24H,6-10H2,1-5H3/t13-,15?,16?,19?/m1/s1.